The molecule has 0 aliphatic carbocycles. The Balaban J connectivity index is 1.49. The molecule has 1 atom stereocenters. The topological polar surface area (TPSA) is 26.3 Å². The third-order valence-electron chi connectivity index (χ3n) is 6.81. The van der Waals surface area contributed by atoms with Gasteiger partial charge in [0.25, 0.3) is 0 Å². The number of carbonyl (C=O) groups is 1. The number of rotatable bonds is 17. The Labute approximate surface area is 229 Å². The van der Waals surface area contributed by atoms with E-state index in [0.29, 0.717) is 5.56 Å². The molecular weight excluding hydrogens is 472 g/mol. The van der Waals surface area contributed by atoms with Gasteiger partial charge in [-0.05, 0) is 78.8 Å². The number of thioether (sulfide) groups is 1. The van der Waals surface area contributed by atoms with Gasteiger partial charge in [-0.3, -0.25) is 0 Å². The zero-order chi connectivity index (χ0) is 26.1. The number of carbonyl (C=O) groups excluding carboxylic acids is 1. The van der Waals surface area contributed by atoms with Crippen LogP contribution in [0.5, 0.6) is 0 Å². The van der Waals surface area contributed by atoms with Crippen molar-refractivity contribution in [2.45, 2.75) is 95.5 Å². The Bertz CT molecular complexity index is 1010. The summed E-state index contributed by atoms with van der Waals surface area (Å²) in [5.74, 6) is 0.976. The second kappa shape index (κ2) is 17.1. The van der Waals surface area contributed by atoms with Crippen LogP contribution in [0.2, 0.25) is 0 Å². The van der Waals surface area contributed by atoms with Crippen LogP contribution in [0.4, 0.5) is 0 Å². The molecular formula is C34H44O2S. The van der Waals surface area contributed by atoms with Crippen molar-refractivity contribution < 1.29 is 9.53 Å². The summed E-state index contributed by atoms with van der Waals surface area (Å²) >= 11 is 1.94. The summed E-state index contributed by atoms with van der Waals surface area (Å²) in [5.41, 5.74) is 4.27. The first-order chi connectivity index (χ1) is 18.2. The van der Waals surface area contributed by atoms with Crippen molar-refractivity contribution in [1.82, 2.24) is 0 Å². The molecule has 0 aliphatic heterocycles. The van der Waals surface area contributed by atoms with E-state index >= 15 is 0 Å². The van der Waals surface area contributed by atoms with Crippen molar-refractivity contribution in [3.05, 3.63) is 90.0 Å². The number of benzene rings is 3. The molecule has 3 rings (SSSR count). The van der Waals surface area contributed by atoms with Gasteiger partial charge >= 0.3 is 5.97 Å². The van der Waals surface area contributed by atoms with Gasteiger partial charge in [-0.15, -0.1) is 11.8 Å². The van der Waals surface area contributed by atoms with Gasteiger partial charge in [-0.2, -0.15) is 0 Å². The number of hydrogen-bond donors (Lipinski definition) is 0. The molecule has 0 N–H and O–H groups in total. The van der Waals surface area contributed by atoms with Gasteiger partial charge in [-0.1, -0.05) is 107 Å². The Morgan fingerprint density at radius 1 is 0.703 bits per heavy atom. The number of ether oxygens (including phenoxy) is 1. The summed E-state index contributed by atoms with van der Waals surface area (Å²) in [6, 6.07) is 27.2. The molecule has 37 heavy (non-hydrogen) atoms. The van der Waals surface area contributed by atoms with Gasteiger partial charge in [0.05, 0.1) is 5.56 Å². The maximum absolute atomic E-state index is 12.9. The van der Waals surface area contributed by atoms with E-state index in [4.69, 9.17) is 4.74 Å². The van der Waals surface area contributed by atoms with Crippen LogP contribution in [0, 0.1) is 0 Å². The third kappa shape index (κ3) is 10.8. The lowest BCUT2D eigenvalue weighted by molar-refractivity contribution is 0.0252. The fourth-order valence-electron chi connectivity index (χ4n) is 4.53. The maximum atomic E-state index is 12.9. The van der Waals surface area contributed by atoms with E-state index in [-0.39, 0.29) is 12.1 Å². The summed E-state index contributed by atoms with van der Waals surface area (Å²) in [5, 5.41) is 0. The highest BCUT2D eigenvalue weighted by Gasteiger charge is 2.16. The molecule has 0 saturated carbocycles. The van der Waals surface area contributed by atoms with Crippen LogP contribution in [-0.4, -0.2) is 17.8 Å². The quantitative estimate of drug-likeness (QED) is 0.101. The first-order valence-corrected chi connectivity index (χ1v) is 15.3. The van der Waals surface area contributed by atoms with Crippen molar-refractivity contribution in [3.63, 3.8) is 0 Å². The fraction of sp³-hybridized carbons (Fsp3) is 0.441. The van der Waals surface area contributed by atoms with Crippen LogP contribution < -0.4 is 0 Å². The molecule has 198 valence electrons. The summed E-state index contributed by atoms with van der Waals surface area (Å²) in [6.07, 6.45) is 12.7. The zero-order valence-corrected chi connectivity index (χ0v) is 23.6. The molecule has 0 amide bonds. The van der Waals surface area contributed by atoms with E-state index in [2.05, 4.69) is 62.4 Å². The smallest absolute Gasteiger partial charge is 0.338 e. The van der Waals surface area contributed by atoms with Gasteiger partial charge in [0.1, 0.15) is 6.10 Å². The van der Waals surface area contributed by atoms with E-state index in [1.165, 1.54) is 53.9 Å². The lowest BCUT2D eigenvalue weighted by Crippen LogP contribution is -2.18. The fourth-order valence-corrected chi connectivity index (χ4v) is 5.44. The minimum Gasteiger partial charge on any atom is -0.459 e. The molecule has 1 unspecified atom stereocenters. The predicted molar refractivity (Wildman–Crippen MR) is 159 cm³/mol. The molecule has 0 saturated heterocycles. The Morgan fingerprint density at radius 3 is 2.00 bits per heavy atom. The van der Waals surface area contributed by atoms with Crippen molar-refractivity contribution in [1.29, 1.82) is 0 Å². The Kier molecular flexibility index (Phi) is 13.4. The number of esters is 1. The van der Waals surface area contributed by atoms with Gasteiger partial charge in [0.15, 0.2) is 0 Å². The Morgan fingerprint density at radius 2 is 1.32 bits per heavy atom. The van der Waals surface area contributed by atoms with Crippen LogP contribution >= 0.6 is 11.8 Å². The molecule has 0 bridgehead atoms. The van der Waals surface area contributed by atoms with Gasteiger partial charge in [-0.25, -0.2) is 4.79 Å². The van der Waals surface area contributed by atoms with Crippen LogP contribution in [0.15, 0.2) is 83.8 Å². The molecule has 3 aromatic carbocycles. The minimum absolute atomic E-state index is 0.0208. The predicted octanol–water partition coefficient (Wildman–Crippen LogP) is 10.2. The molecule has 3 aromatic rings. The molecule has 3 heteroatoms. The average molecular weight is 517 g/mol. The number of hydrogen-bond acceptors (Lipinski definition) is 3. The van der Waals surface area contributed by atoms with Gasteiger partial charge in [0, 0.05) is 4.90 Å². The van der Waals surface area contributed by atoms with Crippen molar-refractivity contribution in [3.8, 4) is 11.1 Å². The molecule has 0 fully saturated rings. The second-order valence-electron chi connectivity index (χ2n) is 9.91. The van der Waals surface area contributed by atoms with Gasteiger partial charge in [0.2, 0.25) is 0 Å². The first-order valence-electron chi connectivity index (χ1n) is 14.3. The summed E-state index contributed by atoms with van der Waals surface area (Å²) < 4.78 is 5.96. The first kappa shape index (κ1) is 29.0. The Hall–Kier alpha value is -2.52. The average Bonchev–Trinajstić information content (AvgIpc) is 2.94. The van der Waals surface area contributed by atoms with E-state index in [9.17, 15) is 4.79 Å². The SMILES string of the molecule is CCCCCCCSc1ccc(-c2ccc(C(=O)OC(CCCC)CCCc3ccccc3)cc2)cc1. The number of unbranched alkanes of at least 4 members (excludes halogenated alkanes) is 5. The molecule has 0 heterocycles. The van der Waals surface area contributed by atoms with Crippen LogP contribution in [0.25, 0.3) is 11.1 Å². The highest BCUT2D eigenvalue weighted by atomic mass is 32.2. The third-order valence-corrected chi connectivity index (χ3v) is 7.91. The van der Waals surface area contributed by atoms with Crippen molar-refractivity contribution in [2.24, 2.45) is 0 Å². The van der Waals surface area contributed by atoms with E-state index in [1.54, 1.807) is 0 Å². The van der Waals surface area contributed by atoms with E-state index in [0.717, 1.165) is 44.1 Å². The van der Waals surface area contributed by atoms with Crippen LogP contribution in [0.3, 0.4) is 0 Å². The molecule has 0 aliphatic rings. The standard InChI is InChI=1S/C34H44O2S/c1-3-5-7-8-12-27-37-33-25-23-30(24-26-33)29-19-21-31(22-20-29)34(35)36-32(17-6-4-2)18-13-16-28-14-10-9-11-15-28/h9-11,14-15,19-26,32H,3-8,12-13,16-18,27H2,1-2H3. The van der Waals surface area contributed by atoms with Gasteiger partial charge < -0.3 is 4.74 Å². The molecule has 0 radical (unpaired) electrons. The van der Waals surface area contributed by atoms with E-state index in [1.807, 2.05) is 42.1 Å². The normalized spacial score (nSPS) is 11.8. The molecule has 2 nitrogen and oxygen atoms in total. The highest BCUT2D eigenvalue weighted by Crippen LogP contribution is 2.26. The van der Waals surface area contributed by atoms with Crippen LogP contribution in [-0.2, 0) is 11.2 Å². The number of aryl methyl sites for hydroxylation is 1. The van der Waals surface area contributed by atoms with Crippen molar-refractivity contribution >= 4 is 17.7 Å². The second-order valence-corrected chi connectivity index (χ2v) is 11.1. The molecule has 0 spiro atoms. The lowest BCUT2D eigenvalue weighted by atomic mass is 10.0. The largest absolute Gasteiger partial charge is 0.459 e. The van der Waals surface area contributed by atoms with Crippen LogP contribution in [0.1, 0.15) is 94.0 Å². The zero-order valence-electron chi connectivity index (χ0n) is 22.8. The maximum Gasteiger partial charge on any atom is 0.338 e. The summed E-state index contributed by atoms with van der Waals surface area (Å²) in [4.78, 5) is 14.2. The lowest BCUT2D eigenvalue weighted by Gasteiger charge is -2.18. The summed E-state index contributed by atoms with van der Waals surface area (Å²) in [7, 11) is 0. The van der Waals surface area contributed by atoms with E-state index < -0.39 is 0 Å². The highest BCUT2D eigenvalue weighted by molar-refractivity contribution is 7.99. The van der Waals surface area contributed by atoms with Crippen molar-refractivity contribution in [2.75, 3.05) is 5.75 Å². The molecule has 0 aromatic heterocycles. The summed E-state index contributed by atoms with van der Waals surface area (Å²) in [6.45, 7) is 4.44. The minimum atomic E-state index is -0.210. The monoisotopic (exact) mass is 516 g/mol.